The van der Waals surface area contributed by atoms with E-state index < -0.39 is 0 Å². The van der Waals surface area contributed by atoms with E-state index in [-0.39, 0.29) is 11.8 Å². The van der Waals surface area contributed by atoms with Crippen molar-refractivity contribution in [2.24, 2.45) is 0 Å². The maximum atomic E-state index is 12.1. The summed E-state index contributed by atoms with van der Waals surface area (Å²) in [6.07, 6.45) is 0. The number of thiophene rings is 1. The van der Waals surface area contributed by atoms with Crippen molar-refractivity contribution in [3.63, 3.8) is 0 Å². The lowest BCUT2D eigenvalue weighted by molar-refractivity contribution is -0.122. The van der Waals surface area contributed by atoms with E-state index >= 15 is 0 Å². The number of anilines is 1. The molecule has 19 heavy (non-hydrogen) atoms. The van der Waals surface area contributed by atoms with Gasteiger partial charge in [-0.05, 0) is 46.6 Å². The zero-order chi connectivity index (χ0) is 13.8. The molecule has 0 aliphatic heterocycles. The fourth-order valence-electron chi connectivity index (χ4n) is 1.75. The average molecular weight is 339 g/mol. The van der Waals surface area contributed by atoms with Crippen LogP contribution in [-0.2, 0) is 11.3 Å². The summed E-state index contributed by atoms with van der Waals surface area (Å²) < 4.78 is 1.05. The van der Waals surface area contributed by atoms with Gasteiger partial charge in [-0.2, -0.15) is 0 Å². The fourth-order valence-corrected chi connectivity index (χ4v) is 3.14. The first-order valence-corrected chi connectivity index (χ1v) is 7.59. The first kappa shape index (κ1) is 14.1. The van der Waals surface area contributed by atoms with Gasteiger partial charge in [0.2, 0.25) is 5.91 Å². The molecule has 2 aromatic rings. The molecular weight excluding hydrogens is 324 g/mol. The smallest absolute Gasteiger partial charge is 0.227 e. The lowest BCUT2D eigenvalue weighted by Gasteiger charge is -2.12. The largest absolute Gasteiger partial charge is 0.399 e. The van der Waals surface area contributed by atoms with E-state index in [1.165, 1.54) is 0 Å². The predicted molar refractivity (Wildman–Crippen MR) is 83.1 cm³/mol. The topological polar surface area (TPSA) is 55.1 Å². The van der Waals surface area contributed by atoms with Crippen molar-refractivity contribution in [1.82, 2.24) is 5.32 Å². The summed E-state index contributed by atoms with van der Waals surface area (Å²) in [5, 5.41) is 4.94. The summed E-state index contributed by atoms with van der Waals surface area (Å²) in [6, 6.07) is 9.45. The third-order valence-corrected chi connectivity index (χ3v) is 4.56. The Balaban J connectivity index is 1.96. The Morgan fingerprint density at radius 3 is 2.89 bits per heavy atom. The molecule has 1 unspecified atom stereocenters. The zero-order valence-corrected chi connectivity index (χ0v) is 12.9. The summed E-state index contributed by atoms with van der Waals surface area (Å²) >= 11 is 5.02. The molecule has 1 amide bonds. The van der Waals surface area contributed by atoms with Gasteiger partial charge in [0.1, 0.15) is 0 Å². The van der Waals surface area contributed by atoms with Gasteiger partial charge in [-0.1, -0.05) is 12.1 Å². The molecular formula is C14H15BrN2OS. The first-order valence-electron chi connectivity index (χ1n) is 5.92. The van der Waals surface area contributed by atoms with E-state index in [4.69, 9.17) is 5.73 Å². The van der Waals surface area contributed by atoms with Crippen LogP contribution in [0.1, 0.15) is 23.3 Å². The molecule has 1 atom stereocenters. The van der Waals surface area contributed by atoms with Crippen LogP contribution in [0.4, 0.5) is 5.69 Å². The van der Waals surface area contributed by atoms with Gasteiger partial charge < -0.3 is 11.1 Å². The molecule has 0 bridgehead atoms. The minimum atomic E-state index is -0.202. The molecule has 0 saturated carbocycles. The van der Waals surface area contributed by atoms with E-state index in [0.717, 1.165) is 14.9 Å². The average Bonchev–Trinajstić information content (AvgIpc) is 2.81. The summed E-state index contributed by atoms with van der Waals surface area (Å²) in [5.74, 6) is -0.193. The number of carbonyl (C=O) groups excluding carboxylic acids is 1. The molecule has 5 heteroatoms. The Labute approximate surface area is 125 Å². The van der Waals surface area contributed by atoms with E-state index in [2.05, 4.69) is 21.2 Å². The van der Waals surface area contributed by atoms with Crippen molar-refractivity contribution in [2.45, 2.75) is 19.4 Å². The number of hydrogen-bond acceptors (Lipinski definition) is 3. The van der Waals surface area contributed by atoms with Crippen LogP contribution in [0.2, 0.25) is 0 Å². The molecule has 100 valence electrons. The van der Waals surface area contributed by atoms with Crippen LogP contribution in [0.15, 0.2) is 40.2 Å². The van der Waals surface area contributed by atoms with Crippen molar-refractivity contribution in [2.75, 3.05) is 5.73 Å². The van der Waals surface area contributed by atoms with Gasteiger partial charge in [0.05, 0.1) is 12.5 Å². The number of carbonyl (C=O) groups is 1. The molecule has 1 aromatic carbocycles. The Kier molecular flexibility index (Phi) is 4.61. The molecule has 0 fully saturated rings. The van der Waals surface area contributed by atoms with Crippen molar-refractivity contribution in [1.29, 1.82) is 0 Å². The van der Waals surface area contributed by atoms with Crippen LogP contribution in [0, 0.1) is 0 Å². The number of amides is 1. The number of hydrogen-bond donors (Lipinski definition) is 2. The Hall–Kier alpha value is -1.33. The van der Waals surface area contributed by atoms with E-state index in [1.54, 1.807) is 11.3 Å². The normalized spacial score (nSPS) is 12.1. The lowest BCUT2D eigenvalue weighted by atomic mass is 10.00. The molecule has 1 heterocycles. The number of nitrogens with two attached hydrogens (primary N) is 1. The molecule has 0 radical (unpaired) electrons. The van der Waals surface area contributed by atoms with Gasteiger partial charge in [0.25, 0.3) is 0 Å². The van der Waals surface area contributed by atoms with Crippen molar-refractivity contribution in [3.05, 3.63) is 50.6 Å². The van der Waals surface area contributed by atoms with Crippen molar-refractivity contribution < 1.29 is 4.79 Å². The number of benzene rings is 1. The van der Waals surface area contributed by atoms with E-state index in [0.29, 0.717) is 12.2 Å². The monoisotopic (exact) mass is 338 g/mol. The van der Waals surface area contributed by atoms with Crippen molar-refractivity contribution >= 4 is 38.9 Å². The van der Waals surface area contributed by atoms with Gasteiger partial charge in [0.15, 0.2) is 0 Å². The number of nitrogen functional groups attached to an aromatic ring is 1. The highest BCUT2D eigenvalue weighted by Crippen LogP contribution is 2.21. The minimum absolute atomic E-state index is 0.00937. The number of rotatable bonds is 4. The third-order valence-electron chi connectivity index (χ3n) is 2.86. The quantitative estimate of drug-likeness (QED) is 0.838. The van der Waals surface area contributed by atoms with E-state index in [9.17, 15) is 4.79 Å². The number of halogens is 1. The van der Waals surface area contributed by atoms with Crippen LogP contribution in [0.25, 0.3) is 0 Å². The minimum Gasteiger partial charge on any atom is -0.399 e. The second-order valence-electron chi connectivity index (χ2n) is 4.34. The molecule has 0 aliphatic carbocycles. The predicted octanol–water partition coefficient (Wildman–Crippen LogP) is 3.51. The first-order chi connectivity index (χ1) is 9.06. The SMILES string of the molecule is CC(C(=O)NCc1cc(Br)cs1)c1cccc(N)c1. The summed E-state index contributed by atoms with van der Waals surface area (Å²) in [7, 11) is 0. The Morgan fingerprint density at radius 1 is 1.47 bits per heavy atom. The lowest BCUT2D eigenvalue weighted by Crippen LogP contribution is -2.27. The van der Waals surface area contributed by atoms with Crippen LogP contribution >= 0.6 is 27.3 Å². The highest BCUT2D eigenvalue weighted by molar-refractivity contribution is 9.10. The fraction of sp³-hybridized carbons (Fsp3) is 0.214. The highest BCUT2D eigenvalue weighted by Gasteiger charge is 2.15. The highest BCUT2D eigenvalue weighted by atomic mass is 79.9. The van der Waals surface area contributed by atoms with Crippen LogP contribution in [0.5, 0.6) is 0 Å². The Bertz CT molecular complexity index is 582. The standard InChI is InChI=1S/C14H15BrN2OS/c1-9(10-3-2-4-12(16)5-10)14(18)17-7-13-6-11(15)8-19-13/h2-6,8-9H,7,16H2,1H3,(H,17,18). The summed E-state index contributed by atoms with van der Waals surface area (Å²) in [4.78, 5) is 13.2. The third kappa shape index (κ3) is 3.81. The van der Waals surface area contributed by atoms with Gasteiger partial charge in [-0.25, -0.2) is 0 Å². The summed E-state index contributed by atoms with van der Waals surface area (Å²) in [5.41, 5.74) is 7.34. The molecule has 3 nitrogen and oxygen atoms in total. The van der Waals surface area contributed by atoms with Gasteiger partial charge >= 0.3 is 0 Å². The second kappa shape index (κ2) is 6.21. The second-order valence-corrected chi connectivity index (χ2v) is 6.25. The molecule has 2 rings (SSSR count). The molecule has 0 spiro atoms. The van der Waals surface area contributed by atoms with Gasteiger partial charge in [-0.3, -0.25) is 4.79 Å². The van der Waals surface area contributed by atoms with E-state index in [1.807, 2.05) is 42.6 Å². The van der Waals surface area contributed by atoms with Crippen LogP contribution in [-0.4, -0.2) is 5.91 Å². The van der Waals surface area contributed by atoms with Crippen LogP contribution < -0.4 is 11.1 Å². The molecule has 1 aromatic heterocycles. The maximum Gasteiger partial charge on any atom is 0.227 e. The maximum absolute atomic E-state index is 12.1. The molecule has 0 aliphatic rings. The zero-order valence-electron chi connectivity index (χ0n) is 10.5. The number of nitrogens with one attached hydrogen (secondary N) is 1. The van der Waals surface area contributed by atoms with Gasteiger partial charge in [-0.15, -0.1) is 11.3 Å². The van der Waals surface area contributed by atoms with Crippen molar-refractivity contribution in [3.8, 4) is 0 Å². The molecule has 3 N–H and O–H groups in total. The summed E-state index contributed by atoms with van der Waals surface area (Å²) in [6.45, 7) is 2.44. The molecule has 0 saturated heterocycles. The Morgan fingerprint density at radius 2 is 2.26 bits per heavy atom. The van der Waals surface area contributed by atoms with Crippen LogP contribution in [0.3, 0.4) is 0 Å². The van der Waals surface area contributed by atoms with Gasteiger partial charge in [0, 0.05) is 20.4 Å².